The standard InChI is InChI=1S/C18H27F2N5O3S/c1-17(2,3)28-16(26)25-15(22-11-19)18(4)8-5-9-23-29(18,27)10-13-12(20)6-7-14(21)24-13/h6-7H,5,8-11H2,1-4H3,(H2,21,24)(H,22,25,26)/t18-,29?/m1/s1. The second-order valence-electron chi connectivity index (χ2n) is 7.89. The summed E-state index contributed by atoms with van der Waals surface area (Å²) in [7, 11) is -3.23. The van der Waals surface area contributed by atoms with Crippen molar-refractivity contribution in [3.05, 3.63) is 23.6 Å². The number of alkyl carbamates (subject to hydrolysis) is 1. The van der Waals surface area contributed by atoms with E-state index >= 15 is 0 Å². The number of alkyl halides is 1. The third kappa shape index (κ3) is 5.40. The quantitative estimate of drug-likeness (QED) is 0.431. The van der Waals surface area contributed by atoms with Crippen LogP contribution in [0.3, 0.4) is 0 Å². The number of hydrogen-bond acceptors (Lipinski definition) is 7. The highest BCUT2D eigenvalue weighted by Crippen LogP contribution is 2.34. The molecule has 1 aromatic heterocycles. The lowest BCUT2D eigenvalue weighted by Crippen LogP contribution is -2.54. The molecule has 0 radical (unpaired) electrons. The van der Waals surface area contributed by atoms with Gasteiger partial charge in [0.1, 0.15) is 27.8 Å². The van der Waals surface area contributed by atoms with Gasteiger partial charge in [-0.3, -0.25) is 5.32 Å². The number of anilines is 1. The molecule has 2 rings (SSSR count). The SMILES string of the molecule is CC(C)(C)OC(=O)N/C(=N/CF)[C@@]1(C)CCCN=S1(=O)Cc1nc(N)ccc1F. The van der Waals surface area contributed by atoms with Gasteiger partial charge in [-0.15, -0.1) is 0 Å². The predicted octanol–water partition coefficient (Wildman–Crippen LogP) is 3.17. The van der Waals surface area contributed by atoms with E-state index in [-0.39, 0.29) is 29.6 Å². The number of amides is 1. The fourth-order valence-corrected chi connectivity index (χ4v) is 5.56. The van der Waals surface area contributed by atoms with Crippen molar-refractivity contribution in [3.63, 3.8) is 0 Å². The van der Waals surface area contributed by atoms with Crippen LogP contribution in [0.1, 0.15) is 46.2 Å². The van der Waals surface area contributed by atoms with Gasteiger partial charge in [0.25, 0.3) is 0 Å². The molecule has 1 unspecified atom stereocenters. The highest BCUT2D eigenvalue weighted by atomic mass is 32.2. The number of carbonyl (C=O) groups is 1. The summed E-state index contributed by atoms with van der Waals surface area (Å²) < 4.78 is 49.4. The number of ether oxygens (including phenoxy) is 1. The molecule has 11 heteroatoms. The van der Waals surface area contributed by atoms with E-state index in [4.69, 9.17) is 10.5 Å². The van der Waals surface area contributed by atoms with Crippen molar-refractivity contribution in [3.8, 4) is 0 Å². The number of rotatable bonds is 4. The predicted molar refractivity (Wildman–Crippen MR) is 108 cm³/mol. The Morgan fingerprint density at radius 3 is 2.76 bits per heavy atom. The average molecular weight is 432 g/mol. The van der Waals surface area contributed by atoms with E-state index in [1.54, 1.807) is 27.7 Å². The molecule has 29 heavy (non-hydrogen) atoms. The van der Waals surface area contributed by atoms with Crippen molar-refractivity contribution >= 4 is 27.5 Å². The monoisotopic (exact) mass is 431 g/mol. The van der Waals surface area contributed by atoms with E-state index in [9.17, 15) is 17.8 Å². The molecule has 1 aromatic rings. The Morgan fingerprint density at radius 2 is 2.14 bits per heavy atom. The van der Waals surface area contributed by atoms with Crippen LogP contribution < -0.4 is 11.1 Å². The number of halogens is 2. The zero-order valence-corrected chi connectivity index (χ0v) is 17.8. The van der Waals surface area contributed by atoms with Crippen LogP contribution in [0.5, 0.6) is 0 Å². The number of nitrogens with one attached hydrogen (secondary N) is 1. The third-order valence-corrected chi connectivity index (χ3v) is 7.50. The van der Waals surface area contributed by atoms with Crippen molar-refractivity contribution in [2.75, 3.05) is 19.1 Å². The fraction of sp³-hybridized carbons (Fsp3) is 0.611. The van der Waals surface area contributed by atoms with Crippen LogP contribution in [0.25, 0.3) is 0 Å². The highest BCUT2D eigenvalue weighted by Gasteiger charge is 2.45. The van der Waals surface area contributed by atoms with Gasteiger partial charge >= 0.3 is 6.09 Å². The minimum Gasteiger partial charge on any atom is -0.444 e. The maximum atomic E-state index is 14.2. The highest BCUT2D eigenvalue weighted by molar-refractivity contribution is 7.95. The summed E-state index contributed by atoms with van der Waals surface area (Å²) in [6.07, 6.45) is -0.0123. The number of hydrogen-bond donors (Lipinski definition) is 2. The zero-order chi connectivity index (χ0) is 21.9. The molecule has 0 saturated carbocycles. The molecule has 8 nitrogen and oxygen atoms in total. The number of nitrogen functional groups attached to an aromatic ring is 1. The molecule has 0 spiro atoms. The van der Waals surface area contributed by atoms with E-state index in [1.165, 1.54) is 6.07 Å². The normalized spacial score (nSPS) is 25.2. The Morgan fingerprint density at radius 1 is 1.45 bits per heavy atom. The van der Waals surface area contributed by atoms with Crippen molar-refractivity contribution in [1.29, 1.82) is 0 Å². The second kappa shape index (κ2) is 8.60. The molecule has 162 valence electrons. The first-order valence-corrected chi connectivity index (χ1v) is 10.8. The summed E-state index contributed by atoms with van der Waals surface area (Å²) in [5.41, 5.74) is 4.73. The van der Waals surface area contributed by atoms with Gasteiger partial charge in [-0.2, -0.15) is 0 Å². The lowest BCUT2D eigenvalue weighted by atomic mass is 10.0. The van der Waals surface area contributed by atoms with Gasteiger partial charge in [-0.1, -0.05) is 0 Å². The first-order chi connectivity index (χ1) is 13.4. The van der Waals surface area contributed by atoms with E-state index < -0.39 is 38.8 Å². The van der Waals surface area contributed by atoms with E-state index in [1.807, 2.05) is 0 Å². The number of aromatic nitrogens is 1. The largest absolute Gasteiger partial charge is 0.444 e. The summed E-state index contributed by atoms with van der Waals surface area (Å²) >= 11 is 0. The summed E-state index contributed by atoms with van der Waals surface area (Å²) in [5.74, 6) is -1.09. The van der Waals surface area contributed by atoms with Crippen LogP contribution >= 0.6 is 0 Å². The Bertz CT molecular complexity index is 923. The van der Waals surface area contributed by atoms with Gasteiger partial charge in [0.2, 0.25) is 0 Å². The van der Waals surface area contributed by atoms with Crippen LogP contribution in [0.2, 0.25) is 0 Å². The maximum Gasteiger partial charge on any atom is 0.413 e. The zero-order valence-electron chi connectivity index (χ0n) is 17.0. The van der Waals surface area contributed by atoms with Crippen LogP contribution in [0.4, 0.5) is 19.4 Å². The molecule has 0 bridgehead atoms. The number of pyridine rings is 1. The molecule has 0 aromatic carbocycles. The van der Waals surface area contributed by atoms with Gasteiger partial charge in [0.15, 0.2) is 6.80 Å². The molecule has 2 atom stereocenters. The number of nitrogens with two attached hydrogens (primary N) is 1. The molecule has 2 heterocycles. The second-order valence-corrected chi connectivity index (χ2v) is 10.6. The third-order valence-electron chi connectivity index (χ3n) is 4.43. The van der Waals surface area contributed by atoms with Crippen LogP contribution in [0.15, 0.2) is 21.5 Å². The Hall–Kier alpha value is -2.30. The van der Waals surface area contributed by atoms with Crippen LogP contribution in [-0.2, 0) is 20.2 Å². The summed E-state index contributed by atoms with van der Waals surface area (Å²) in [6, 6.07) is 2.43. The first-order valence-electron chi connectivity index (χ1n) is 9.12. The summed E-state index contributed by atoms with van der Waals surface area (Å²) in [5, 5.41) is 2.42. The minimum atomic E-state index is -3.23. The number of amidine groups is 1. The summed E-state index contributed by atoms with van der Waals surface area (Å²) in [6.45, 7) is 5.73. The van der Waals surface area contributed by atoms with Gasteiger partial charge in [0, 0.05) is 6.54 Å². The fourth-order valence-electron chi connectivity index (χ4n) is 2.99. The molecule has 0 fully saturated rings. The maximum absolute atomic E-state index is 14.2. The summed E-state index contributed by atoms with van der Waals surface area (Å²) in [4.78, 5) is 19.9. The van der Waals surface area contributed by atoms with E-state index in [2.05, 4.69) is 19.7 Å². The first kappa shape index (κ1) is 23.0. The molecule has 1 amide bonds. The van der Waals surface area contributed by atoms with Gasteiger partial charge < -0.3 is 10.5 Å². The van der Waals surface area contributed by atoms with Crippen LogP contribution in [-0.4, -0.2) is 44.8 Å². The van der Waals surface area contributed by atoms with Crippen LogP contribution in [0, 0.1) is 5.82 Å². The average Bonchev–Trinajstić information content (AvgIpc) is 2.59. The molecule has 1 aliphatic rings. The number of nitrogens with zero attached hydrogens (tertiary/aromatic N) is 3. The molecular formula is C18H27F2N5O3S. The Balaban J connectivity index is 2.45. The van der Waals surface area contributed by atoms with Crippen molar-refractivity contribution < 1.29 is 22.5 Å². The van der Waals surface area contributed by atoms with Crippen molar-refractivity contribution in [2.45, 2.75) is 56.6 Å². The number of carbonyl (C=O) groups excluding carboxylic acids is 1. The van der Waals surface area contributed by atoms with E-state index in [0.717, 1.165) is 6.07 Å². The Labute approximate surface area is 169 Å². The Kier molecular flexibility index (Phi) is 6.82. The molecule has 3 N–H and O–H groups in total. The van der Waals surface area contributed by atoms with Gasteiger partial charge in [0.05, 0.1) is 21.2 Å². The number of aliphatic imine (C=N–C) groups is 1. The van der Waals surface area contributed by atoms with Crippen molar-refractivity contribution in [2.24, 2.45) is 9.36 Å². The molecule has 0 aliphatic carbocycles. The molecular weight excluding hydrogens is 404 g/mol. The lowest BCUT2D eigenvalue weighted by Gasteiger charge is -2.36. The molecule has 1 aliphatic heterocycles. The topological polar surface area (TPSA) is 119 Å². The molecule has 0 saturated heterocycles. The van der Waals surface area contributed by atoms with Gasteiger partial charge in [-0.05, 0) is 52.7 Å². The lowest BCUT2D eigenvalue weighted by molar-refractivity contribution is 0.0561. The minimum absolute atomic E-state index is 0.0754. The van der Waals surface area contributed by atoms with Crippen molar-refractivity contribution in [1.82, 2.24) is 10.3 Å². The van der Waals surface area contributed by atoms with E-state index in [0.29, 0.717) is 12.8 Å². The smallest absolute Gasteiger partial charge is 0.413 e. The van der Waals surface area contributed by atoms with Gasteiger partial charge in [-0.25, -0.2) is 32.1 Å².